The predicted octanol–water partition coefficient (Wildman–Crippen LogP) is 4.48. The van der Waals surface area contributed by atoms with Crippen LogP contribution in [0.5, 0.6) is 5.75 Å². The smallest absolute Gasteiger partial charge is 0.417 e. The first kappa shape index (κ1) is 16.3. The Labute approximate surface area is 139 Å². The summed E-state index contributed by atoms with van der Waals surface area (Å²) in [6.45, 7) is 0. The molecule has 24 heavy (non-hydrogen) atoms. The molecule has 1 aromatic carbocycles. The lowest BCUT2D eigenvalue weighted by molar-refractivity contribution is -0.137. The van der Waals surface area contributed by atoms with Gasteiger partial charge in [-0.25, -0.2) is 4.98 Å². The van der Waals surface area contributed by atoms with E-state index in [-0.39, 0.29) is 11.3 Å². The van der Waals surface area contributed by atoms with Crippen molar-refractivity contribution in [2.75, 3.05) is 12.8 Å². The van der Waals surface area contributed by atoms with Gasteiger partial charge in [0.25, 0.3) is 0 Å². The number of hydrogen-bond acceptors (Lipinski definition) is 5. The maximum absolute atomic E-state index is 13.5. The van der Waals surface area contributed by atoms with Crippen molar-refractivity contribution in [3.05, 3.63) is 48.4 Å². The van der Waals surface area contributed by atoms with Crippen molar-refractivity contribution in [3.8, 4) is 27.3 Å². The van der Waals surface area contributed by atoms with Gasteiger partial charge in [-0.15, -0.1) is 0 Å². The zero-order chi connectivity index (χ0) is 17.3. The number of hydrogen-bond donors (Lipinski definition) is 1. The molecule has 8 heteroatoms. The molecule has 0 aliphatic rings. The number of halogens is 3. The van der Waals surface area contributed by atoms with Gasteiger partial charge in [0.15, 0.2) is 5.13 Å². The Morgan fingerprint density at radius 1 is 1.08 bits per heavy atom. The minimum atomic E-state index is -4.52. The van der Waals surface area contributed by atoms with Crippen LogP contribution < -0.4 is 10.5 Å². The van der Waals surface area contributed by atoms with Gasteiger partial charge in [0.05, 0.1) is 17.6 Å². The summed E-state index contributed by atoms with van der Waals surface area (Å²) >= 11 is 1.20. The number of alkyl halides is 3. The summed E-state index contributed by atoms with van der Waals surface area (Å²) < 4.78 is 45.4. The molecule has 0 saturated heterocycles. The summed E-state index contributed by atoms with van der Waals surface area (Å²) in [6, 6.07) is 5.49. The van der Waals surface area contributed by atoms with E-state index in [1.165, 1.54) is 49.2 Å². The Morgan fingerprint density at radius 3 is 2.50 bits per heavy atom. The first-order chi connectivity index (χ1) is 11.4. The number of rotatable bonds is 3. The summed E-state index contributed by atoms with van der Waals surface area (Å²) in [4.78, 5) is 8.61. The van der Waals surface area contributed by atoms with Crippen LogP contribution in [0.4, 0.5) is 18.3 Å². The lowest BCUT2D eigenvalue weighted by Crippen LogP contribution is -2.08. The molecular formula is C16H12F3N3OS. The minimum Gasteiger partial charge on any atom is -0.497 e. The number of nitrogen functional groups attached to an aromatic ring is 1. The van der Waals surface area contributed by atoms with E-state index in [9.17, 15) is 13.2 Å². The highest BCUT2D eigenvalue weighted by atomic mass is 32.1. The predicted molar refractivity (Wildman–Crippen MR) is 86.7 cm³/mol. The monoisotopic (exact) mass is 351 g/mol. The number of benzene rings is 1. The van der Waals surface area contributed by atoms with Crippen LogP contribution in [-0.2, 0) is 6.18 Å². The van der Waals surface area contributed by atoms with Crippen LogP contribution in [0.15, 0.2) is 42.9 Å². The fourth-order valence-electron chi connectivity index (χ4n) is 2.36. The van der Waals surface area contributed by atoms with Gasteiger partial charge in [0.1, 0.15) is 5.75 Å². The first-order valence-corrected chi connectivity index (χ1v) is 7.63. The number of pyridine rings is 1. The standard InChI is InChI=1S/C16H12F3N3OS/c1-23-9-2-3-10(13(6-9)16(17,18)19)12-7-21-5-4-11(12)14-8-22-15(20)24-14/h2-8H,1H3,(H2,20,22). The molecule has 0 amide bonds. The maximum atomic E-state index is 13.5. The largest absolute Gasteiger partial charge is 0.497 e. The van der Waals surface area contributed by atoms with Crippen molar-refractivity contribution in [3.63, 3.8) is 0 Å². The topological polar surface area (TPSA) is 61.0 Å². The van der Waals surface area contributed by atoms with Gasteiger partial charge in [0.2, 0.25) is 0 Å². The van der Waals surface area contributed by atoms with Gasteiger partial charge < -0.3 is 10.5 Å². The Hall–Kier alpha value is -2.61. The van der Waals surface area contributed by atoms with E-state index < -0.39 is 11.7 Å². The summed E-state index contributed by atoms with van der Waals surface area (Å²) in [6.07, 6.45) is -0.0623. The van der Waals surface area contributed by atoms with Crippen LogP contribution in [0.25, 0.3) is 21.6 Å². The number of aromatic nitrogens is 2. The molecule has 0 bridgehead atoms. The Balaban J connectivity index is 2.24. The van der Waals surface area contributed by atoms with Crippen LogP contribution in [0, 0.1) is 0 Å². The zero-order valence-corrected chi connectivity index (χ0v) is 13.3. The van der Waals surface area contributed by atoms with E-state index in [4.69, 9.17) is 10.5 Å². The Bertz CT molecular complexity index is 877. The number of nitrogens with zero attached hydrogens (tertiary/aromatic N) is 2. The zero-order valence-electron chi connectivity index (χ0n) is 12.5. The Kier molecular flexibility index (Phi) is 4.15. The summed E-state index contributed by atoms with van der Waals surface area (Å²) in [5.41, 5.74) is 5.83. The van der Waals surface area contributed by atoms with Crippen molar-refractivity contribution in [1.82, 2.24) is 9.97 Å². The summed E-state index contributed by atoms with van der Waals surface area (Å²) in [5.74, 6) is 0.138. The fourth-order valence-corrected chi connectivity index (χ4v) is 3.08. The molecule has 0 unspecified atom stereocenters. The normalized spacial score (nSPS) is 11.5. The molecule has 2 heterocycles. The van der Waals surface area contributed by atoms with Gasteiger partial charge in [-0.1, -0.05) is 17.4 Å². The number of anilines is 1. The van der Waals surface area contributed by atoms with Crippen LogP contribution in [0.3, 0.4) is 0 Å². The Morgan fingerprint density at radius 2 is 1.88 bits per heavy atom. The summed E-state index contributed by atoms with van der Waals surface area (Å²) in [5, 5.41) is 0.346. The van der Waals surface area contributed by atoms with Gasteiger partial charge in [0, 0.05) is 29.7 Å². The van der Waals surface area contributed by atoms with Gasteiger partial charge in [-0.3, -0.25) is 4.98 Å². The molecule has 0 aliphatic heterocycles. The molecule has 4 nitrogen and oxygen atoms in total. The maximum Gasteiger partial charge on any atom is 0.417 e. The van der Waals surface area contributed by atoms with E-state index >= 15 is 0 Å². The highest BCUT2D eigenvalue weighted by molar-refractivity contribution is 7.18. The van der Waals surface area contributed by atoms with Crippen LogP contribution in [0.2, 0.25) is 0 Å². The van der Waals surface area contributed by atoms with Crippen molar-refractivity contribution >= 4 is 16.5 Å². The van der Waals surface area contributed by atoms with Crippen LogP contribution >= 0.6 is 11.3 Å². The third kappa shape index (κ3) is 3.05. The van der Waals surface area contributed by atoms with E-state index in [2.05, 4.69) is 9.97 Å². The second kappa shape index (κ2) is 6.12. The third-order valence-electron chi connectivity index (χ3n) is 3.43. The van der Waals surface area contributed by atoms with Crippen molar-refractivity contribution in [1.29, 1.82) is 0 Å². The molecule has 2 aromatic heterocycles. The van der Waals surface area contributed by atoms with E-state index in [1.54, 1.807) is 6.07 Å². The molecule has 0 atom stereocenters. The third-order valence-corrected chi connectivity index (χ3v) is 4.29. The second-order valence-corrected chi connectivity index (χ2v) is 5.96. The van der Waals surface area contributed by atoms with E-state index in [0.717, 1.165) is 6.07 Å². The van der Waals surface area contributed by atoms with E-state index in [0.29, 0.717) is 21.1 Å². The lowest BCUT2D eigenvalue weighted by atomic mass is 9.96. The van der Waals surface area contributed by atoms with Gasteiger partial charge in [-0.05, 0) is 23.8 Å². The molecule has 0 aliphatic carbocycles. The highest BCUT2D eigenvalue weighted by Crippen LogP contribution is 2.42. The first-order valence-electron chi connectivity index (χ1n) is 6.81. The SMILES string of the molecule is COc1ccc(-c2cnccc2-c2cnc(N)s2)c(C(F)(F)F)c1. The van der Waals surface area contributed by atoms with E-state index in [1.807, 2.05) is 0 Å². The van der Waals surface area contributed by atoms with Crippen molar-refractivity contribution < 1.29 is 17.9 Å². The second-order valence-electron chi connectivity index (χ2n) is 4.89. The lowest BCUT2D eigenvalue weighted by Gasteiger charge is -2.16. The van der Waals surface area contributed by atoms with Crippen molar-refractivity contribution in [2.24, 2.45) is 0 Å². The molecule has 3 rings (SSSR count). The molecule has 0 spiro atoms. The molecule has 3 aromatic rings. The number of thiazole rings is 1. The molecule has 2 N–H and O–H groups in total. The average Bonchev–Trinajstić information content (AvgIpc) is 3.00. The van der Waals surface area contributed by atoms with Crippen LogP contribution in [0.1, 0.15) is 5.56 Å². The van der Waals surface area contributed by atoms with Gasteiger partial charge in [-0.2, -0.15) is 13.2 Å². The number of nitrogens with two attached hydrogens (primary N) is 1. The van der Waals surface area contributed by atoms with Crippen molar-refractivity contribution in [2.45, 2.75) is 6.18 Å². The molecule has 0 radical (unpaired) electrons. The molecule has 0 fully saturated rings. The minimum absolute atomic E-state index is 0.0263. The molecular weight excluding hydrogens is 339 g/mol. The van der Waals surface area contributed by atoms with Gasteiger partial charge >= 0.3 is 6.18 Å². The number of methoxy groups -OCH3 is 1. The fraction of sp³-hybridized carbons (Fsp3) is 0.125. The molecule has 0 saturated carbocycles. The number of ether oxygens (including phenoxy) is 1. The van der Waals surface area contributed by atoms with Crippen LogP contribution in [-0.4, -0.2) is 17.1 Å². The average molecular weight is 351 g/mol. The highest BCUT2D eigenvalue weighted by Gasteiger charge is 2.34. The quantitative estimate of drug-likeness (QED) is 0.756. The molecule has 124 valence electrons. The summed E-state index contributed by atoms with van der Waals surface area (Å²) in [7, 11) is 1.32.